The van der Waals surface area contributed by atoms with Crippen LogP contribution in [-0.4, -0.2) is 22.1 Å². The fourth-order valence-electron chi connectivity index (χ4n) is 1.47. The van der Waals surface area contributed by atoms with Crippen LogP contribution >= 0.6 is 0 Å². The van der Waals surface area contributed by atoms with Gasteiger partial charge in [-0.15, -0.1) is 0 Å². The van der Waals surface area contributed by atoms with E-state index in [9.17, 15) is 0 Å². The SMILES string of the molecule is CNC(C)(C#N)Cn1ccnc1C(C)C. The second-order valence-corrected chi connectivity index (χ2v) is 4.26. The lowest BCUT2D eigenvalue weighted by Gasteiger charge is -2.23. The third-order valence-electron chi connectivity index (χ3n) is 2.55. The van der Waals surface area contributed by atoms with Gasteiger partial charge in [-0.3, -0.25) is 0 Å². The first-order valence-corrected chi connectivity index (χ1v) is 5.13. The molecule has 0 saturated carbocycles. The molecule has 0 saturated heterocycles. The summed E-state index contributed by atoms with van der Waals surface area (Å²) in [7, 11) is 1.80. The Bertz CT molecular complexity index is 361. The number of hydrogen-bond donors (Lipinski definition) is 1. The molecule has 4 nitrogen and oxygen atoms in total. The van der Waals surface area contributed by atoms with E-state index in [2.05, 4.69) is 30.2 Å². The van der Waals surface area contributed by atoms with Gasteiger partial charge in [-0.25, -0.2) is 4.98 Å². The van der Waals surface area contributed by atoms with Gasteiger partial charge in [-0.05, 0) is 14.0 Å². The minimum absolute atomic E-state index is 0.375. The van der Waals surface area contributed by atoms with E-state index >= 15 is 0 Å². The van der Waals surface area contributed by atoms with Crippen molar-refractivity contribution in [2.45, 2.75) is 38.8 Å². The van der Waals surface area contributed by atoms with Crippen molar-refractivity contribution in [3.05, 3.63) is 18.2 Å². The molecule has 0 fully saturated rings. The van der Waals surface area contributed by atoms with Crippen LogP contribution in [0.3, 0.4) is 0 Å². The number of hydrogen-bond acceptors (Lipinski definition) is 3. The van der Waals surface area contributed by atoms with Crippen LogP contribution in [0.5, 0.6) is 0 Å². The molecule has 0 amide bonds. The molecule has 1 N–H and O–H groups in total. The van der Waals surface area contributed by atoms with Gasteiger partial charge < -0.3 is 9.88 Å². The minimum Gasteiger partial charge on any atom is -0.332 e. The number of imidazole rings is 1. The van der Waals surface area contributed by atoms with Crippen molar-refractivity contribution in [1.82, 2.24) is 14.9 Å². The van der Waals surface area contributed by atoms with E-state index < -0.39 is 5.54 Å². The number of nitriles is 1. The predicted molar refractivity (Wildman–Crippen MR) is 59.4 cm³/mol. The van der Waals surface area contributed by atoms with Gasteiger partial charge in [0.05, 0.1) is 12.6 Å². The monoisotopic (exact) mass is 206 g/mol. The summed E-state index contributed by atoms with van der Waals surface area (Å²) in [5, 5.41) is 12.1. The predicted octanol–water partition coefficient (Wildman–Crippen LogP) is 1.51. The van der Waals surface area contributed by atoms with E-state index in [-0.39, 0.29) is 0 Å². The van der Waals surface area contributed by atoms with Gasteiger partial charge >= 0.3 is 0 Å². The Hall–Kier alpha value is -1.34. The Labute approximate surface area is 90.9 Å². The van der Waals surface area contributed by atoms with E-state index in [1.165, 1.54) is 0 Å². The molecule has 0 aliphatic heterocycles. The summed E-state index contributed by atoms with van der Waals surface area (Å²) >= 11 is 0. The molecule has 1 heterocycles. The molecule has 1 aromatic rings. The Kier molecular flexibility index (Phi) is 3.48. The normalized spacial score (nSPS) is 14.9. The zero-order valence-electron chi connectivity index (χ0n) is 9.78. The molecule has 0 aliphatic rings. The van der Waals surface area contributed by atoms with E-state index in [1.54, 1.807) is 13.2 Å². The van der Waals surface area contributed by atoms with E-state index in [0.29, 0.717) is 12.5 Å². The third kappa shape index (κ3) is 2.57. The average Bonchev–Trinajstić information content (AvgIpc) is 2.65. The number of likely N-dealkylation sites (N-methyl/N-ethyl adjacent to an activating group) is 1. The minimum atomic E-state index is -0.537. The van der Waals surface area contributed by atoms with Crippen molar-refractivity contribution in [2.75, 3.05) is 7.05 Å². The summed E-state index contributed by atoms with van der Waals surface area (Å²) in [6, 6.07) is 2.27. The molecule has 15 heavy (non-hydrogen) atoms. The van der Waals surface area contributed by atoms with Crippen molar-refractivity contribution in [3.63, 3.8) is 0 Å². The zero-order chi connectivity index (χ0) is 11.5. The molecule has 0 bridgehead atoms. The second kappa shape index (κ2) is 4.45. The van der Waals surface area contributed by atoms with Crippen molar-refractivity contribution < 1.29 is 0 Å². The molecule has 0 radical (unpaired) electrons. The first kappa shape index (κ1) is 11.7. The summed E-state index contributed by atoms with van der Waals surface area (Å²) in [5.41, 5.74) is -0.537. The Balaban J connectivity index is 2.90. The molecule has 82 valence electrons. The van der Waals surface area contributed by atoms with Gasteiger partial charge in [0.2, 0.25) is 0 Å². The van der Waals surface area contributed by atoms with E-state index in [0.717, 1.165) is 5.82 Å². The topological polar surface area (TPSA) is 53.6 Å². The number of rotatable bonds is 4. The number of nitrogens with zero attached hydrogens (tertiary/aromatic N) is 3. The number of nitrogens with one attached hydrogen (secondary N) is 1. The van der Waals surface area contributed by atoms with Gasteiger partial charge in [0.25, 0.3) is 0 Å². The maximum Gasteiger partial charge on any atom is 0.121 e. The fraction of sp³-hybridized carbons (Fsp3) is 0.636. The molecule has 1 atom stereocenters. The summed E-state index contributed by atoms with van der Waals surface area (Å²) in [4.78, 5) is 4.29. The van der Waals surface area contributed by atoms with Crippen LogP contribution in [0.25, 0.3) is 0 Å². The second-order valence-electron chi connectivity index (χ2n) is 4.26. The van der Waals surface area contributed by atoms with Crippen LogP contribution < -0.4 is 5.32 Å². The first-order valence-electron chi connectivity index (χ1n) is 5.13. The molecular formula is C11H18N4. The van der Waals surface area contributed by atoms with Crippen molar-refractivity contribution in [3.8, 4) is 6.07 Å². The summed E-state index contributed by atoms with van der Waals surface area (Å²) in [6.45, 7) is 6.70. The van der Waals surface area contributed by atoms with Gasteiger partial charge in [-0.2, -0.15) is 5.26 Å². The summed E-state index contributed by atoms with van der Waals surface area (Å²) in [6.07, 6.45) is 3.70. The molecule has 0 spiro atoms. The molecule has 0 aliphatic carbocycles. The Morgan fingerprint density at radius 1 is 1.67 bits per heavy atom. The number of aromatic nitrogens is 2. The molecular weight excluding hydrogens is 188 g/mol. The molecule has 1 aromatic heterocycles. The highest BCUT2D eigenvalue weighted by Crippen LogP contribution is 2.15. The van der Waals surface area contributed by atoms with Crippen LogP contribution in [0.15, 0.2) is 12.4 Å². The Morgan fingerprint density at radius 2 is 2.33 bits per heavy atom. The zero-order valence-corrected chi connectivity index (χ0v) is 9.78. The lowest BCUT2D eigenvalue weighted by molar-refractivity contribution is 0.407. The van der Waals surface area contributed by atoms with Crippen LogP contribution in [0.2, 0.25) is 0 Å². The maximum atomic E-state index is 9.07. The van der Waals surface area contributed by atoms with Crippen LogP contribution in [0.4, 0.5) is 0 Å². The summed E-state index contributed by atoms with van der Waals surface area (Å²) < 4.78 is 2.03. The quantitative estimate of drug-likeness (QED) is 0.812. The molecule has 1 rings (SSSR count). The van der Waals surface area contributed by atoms with E-state index in [1.807, 2.05) is 17.7 Å². The molecule has 4 heteroatoms. The van der Waals surface area contributed by atoms with Gasteiger partial charge in [0.1, 0.15) is 11.4 Å². The van der Waals surface area contributed by atoms with Gasteiger partial charge in [-0.1, -0.05) is 13.8 Å². The van der Waals surface area contributed by atoms with Gasteiger partial charge in [0.15, 0.2) is 0 Å². The van der Waals surface area contributed by atoms with Crippen molar-refractivity contribution in [1.29, 1.82) is 5.26 Å². The fourth-order valence-corrected chi connectivity index (χ4v) is 1.47. The van der Waals surface area contributed by atoms with Crippen LogP contribution in [-0.2, 0) is 6.54 Å². The maximum absolute atomic E-state index is 9.07. The Morgan fingerprint density at radius 3 is 2.80 bits per heavy atom. The summed E-state index contributed by atoms with van der Waals surface area (Å²) in [5.74, 6) is 1.39. The van der Waals surface area contributed by atoms with Crippen LogP contribution in [0, 0.1) is 11.3 Å². The average molecular weight is 206 g/mol. The third-order valence-corrected chi connectivity index (χ3v) is 2.55. The highest BCUT2D eigenvalue weighted by atomic mass is 15.1. The lowest BCUT2D eigenvalue weighted by atomic mass is 10.1. The standard InChI is InChI=1S/C11H18N4/c1-9(2)10-14-5-6-15(10)8-11(3,7-12)13-4/h5-6,9,13H,8H2,1-4H3. The first-order chi connectivity index (χ1) is 7.02. The largest absolute Gasteiger partial charge is 0.332 e. The van der Waals surface area contributed by atoms with Crippen molar-refractivity contribution >= 4 is 0 Å². The highest BCUT2D eigenvalue weighted by Gasteiger charge is 2.23. The smallest absolute Gasteiger partial charge is 0.121 e. The van der Waals surface area contributed by atoms with Crippen LogP contribution in [0.1, 0.15) is 32.5 Å². The molecule has 0 aromatic carbocycles. The van der Waals surface area contributed by atoms with E-state index in [4.69, 9.17) is 5.26 Å². The van der Waals surface area contributed by atoms with Crippen molar-refractivity contribution in [2.24, 2.45) is 0 Å². The molecule has 1 unspecified atom stereocenters. The van der Waals surface area contributed by atoms with Gasteiger partial charge in [0, 0.05) is 18.3 Å². The highest BCUT2D eigenvalue weighted by molar-refractivity contribution is 5.07. The lowest BCUT2D eigenvalue weighted by Crippen LogP contribution is -2.42.